The van der Waals surface area contributed by atoms with Gasteiger partial charge in [-0.3, -0.25) is 4.90 Å². The Morgan fingerprint density at radius 1 is 0.933 bits per heavy atom. The maximum absolute atomic E-state index is 10.6. The molecule has 0 radical (unpaired) electrons. The normalized spacial score (nSPS) is 20.0. The molecule has 0 aromatic carbocycles. The number of rotatable bonds is 5. The highest BCUT2D eigenvalue weighted by molar-refractivity contribution is 7.09. The first kappa shape index (κ1) is 39.3. The largest absolute Gasteiger partial charge is 0.490 e. The lowest BCUT2D eigenvalue weighted by atomic mass is 9.73. The van der Waals surface area contributed by atoms with Crippen LogP contribution in [0.1, 0.15) is 24.3 Å². The highest BCUT2D eigenvalue weighted by atomic mass is 32.1. The summed E-state index contributed by atoms with van der Waals surface area (Å²) in [6.07, 6.45) is -7.97. The quantitative estimate of drug-likeness (QED) is 0.368. The lowest BCUT2D eigenvalue weighted by molar-refractivity contribution is -0.193. The molecular weight excluding hydrogens is 661 g/mol. The van der Waals surface area contributed by atoms with Gasteiger partial charge in [0.25, 0.3) is 0 Å². The van der Waals surface area contributed by atoms with Gasteiger partial charge >= 0.3 is 36.4 Å². The Labute approximate surface area is 252 Å². The minimum absolute atomic E-state index is 0.0608. The van der Waals surface area contributed by atoms with E-state index in [0.29, 0.717) is 18.6 Å². The molecule has 0 bridgehead atoms. The topological polar surface area (TPSA) is 159 Å². The number of carboxylic acid groups (broad SMARTS) is 3. The molecule has 2 aliphatic heterocycles. The van der Waals surface area contributed by atoms with Gasteiger partial charge in [0.15, 0.2) is 0 Å². The molecule has 0 spiro atoms. The number of carbonyl (C=O) groups is 3. The van der Waals surface area contributed by atoms with E-state index in [1.165, 1.54) is 5.01 Å². The summed E-state index contributed by atoms with van der Waals surface area (Å²) < 4.78 is 107. The van der Waals surface area contributed by atoms with E-state index in [0.717, 1.165) is 45.5 Å². The Morgan fingerprint density at radius 3 is 1.93 bits per heavy atom. The summed E-state index contributed by atoms with van der Waals surface area (Å²) in [5, 5.41) is 24.6. The average Bonchev–Trinajstić information content (AvgIpc) is 3.45. The number of pyridine rings is 1. The Bertz CT molecular complexity index is 1140. The third-order valence-corrected chi connectivity index (χ3v) is 6.55. The maximum Gasteiger partial charge on any atom is 0.490 e. The Hall–Kier alpha value is -3.72. The first-order valence-corrected chi connectivity index (χ1v) is 13.2. The summed E-state index contributed by atoms with van der Waals surface area (Å²) in [5.74, 6) is -7.57. The second-order valence-electron chi connectivity index (χ2n) is 9.12. The van der Waals surface area contributed by atoms with E-state index < -0.39 is 36.4 Å². The van der Waals surface area contributed by atoms with Crippen molar-refractivity contribution in [3.8, 4) is 5.88 Å². The molecule has 45 heavy (non-hydrogen) atoms. The Morgan fingerprint density at radius 2 is 1.49 bits per heavy atom. The van der Waals surface area contributed by atoms with Gasteiger partial charge in [-0.05, 0) is 25.3 Å². The van der Waals surface area contributed by atoms with Crippen LogP contribution in [-0.2, 0) is 25.7 Å². The summed E-state index contributed by atoms with van der Waals surface area (Å²) in [7, 11) is 0. The van der Waals surface area contributed by atoms with Crippen LogP contribution in [0.3, 0.4) is 0 Å². The number of hydrogen-bond acceptors (Lipinski definition) is 9. The highest BCUT2D eigenvalue weighted by Crippen LogP contribution is 2.41. The summed E-state index contributed by atoms with van der Waals surface area (Å²) >= 11 is 1.73. The van der Waals surface area contributed by atoms with Crippen molar-refractivity contribution in [2.75, 3.05) is 26.3 Å². The van der Waals surface area contributed by atoms with Crippen molar-refractivity contribution >= 4 is 29.2 Å². The van der Waals surface area contributed by atoms with Crippen LogP contribution in [0.4, 0.5) is 39.5 Å². The zero-order chi connectivity index (χ0) is 34.5. The molecule has 0 aliphatic carbocycles. The Kier molecular flexibility index (Phi) is 14.9. The van der Waals surface area contributed by atoms with E-state index in [-0.39, 0.29) is 5.41 Å². The number of carboxylic acids is 3. The minimum atomic E-state index is -5.08. The predicted molar refractivity (Wildman–Crippen MR) is 134 cm³/mol. The van der Waals surface area contributed by atoms with Gasteiger partial charge < -0.3 is 24.8 Å². The van der Waals surface area contributed by atoms with Crippen molar-refractivity contribution in [1.82, 2.24) is 14.9 Å². The molecule has 2 aliphatic rings. The van der Waals surface area contributed by atoms with Crippen LogP contribution in [0, 0.1) is 5.41 Å². The molecule has 0 saturated carbocycles. The molecule has 254 valence electrons. The van der Waals surface area contributed by atoms with Crippen LogP contribution in [-0.4, -0.2) is 99.0 Å². The van der Waals surface area contributed by atoms with Crippen LogP contribution in [0.25, 0.3) is 0 Å². The lowest BCUT2D eigenvalue weighted by Gasteiger charge is -2.50. The predicted octanol–water partition coefficient (Wildman–Crippen LogP) is 4.89. The van der Waals surface area contributed by atoms with Crippen molar-refractivity contribution in [3.05, 3.63) is 41.0 Å². The highest BCUT2D eigenvalue weighted by Gasteiger charge is 2.47. The number of alkyl halides is 9. The molecule has 2 aromatic rings. The standard InChI is InChI=1S/C18H23N3O2S.3C2HF3O2/c1-2-7-19-16(4-1)23-14-18-6-3-10-22-15(18)5-9-21(13-18)12-17-20-8-11-24-17;3*3-2(4,5)1(6)7/h1-2,4,7-8,11,15H,3,5-6,9-10,12-14H2;3*(H,6,7). The average molecular weight is 688 g/mol. The summed E-state index contributed by atoms with van der Waals surface area (Å²) in [5.41, 5.74) is 0.0608. The van der Waals surface area contributed by atoms with Crippen molar-refractivity contribution in [2.45, 2.75) is 50.4 Å². The monoisotopic (exact) mass is 687 g/mol. The van der Waals surface area contributed by atoms with E-state index in [2.05, 4.69) is 14.9 Å². The van der Waals surface area contributed by atoms with E-state index in [1.54, 1.807) is 17.5 Å². The maximum atomic E-state index is 10.6. The molecule has 2 atom stereocenters. The van der Waals surface area contributed by atoms with Gasteiger partial charge in [-0.1, -0.05) is 6.07 Å². The molecule has 2 aromatic heterocycles. The van der Waals surface area contributed by atoms with Gasteiger partial charge in [-0.15, -0.1) is 11.3 Å². The fraction of sp³-hybridized carbons (Fsp3) is 0.542. The third kappa shape index (κ3) is 14.7. The number of halogens is 9. The number of fused-ring (bicyclic) bond motifs is 1. The molecule has 3 N–H and O–H groups in total. The van der Waals surface area contributed by atoms with Gasteiger partial charge in [0.2, 0.25) is 5.88 Å². The van der Waals surface area contributed by atoms with Gasteiger partial charge in [0.1, 0.15) is 5.01 Å². The number of hydrogen-bond donors (Lipinski definition) is 3. The minimum Gasteiger partial charge on any atom is -0.477 e. The fourth-order valence-electron chi connectivity index (χ4n) is 3.90. The van der Waals surface area contributed by atoms with Crippen molar-refractivity contribution in [1.29, 1.82) is 0 Å². The molecule has 0 amide bonds. The fourth-order valence-corrected chi connectivity index (χ4v) is 4.56. The van der Waals surface area contributed by atoms with Crippen LogP contribution >= 0.6 is 11.3 Å². The zero-order valence-corrected chi connectivity index (χ0v) is 23.5. The summed E-state index contributed by atoms with van der Waals surface area (Å²) in [4.78, 5) is 37.9. The van der Waals surface area contributed by atoms with Crippen LogP contribution in [0.2, 0.25) is 0 Å². The van der Waals surface area contributed by atoms with Crippen LogP contribution < -0.4 is 4.74 Å². The Balaban J connectivity index is 0.000000396. The number of aliphatic carboxylic acids is 3. The third-order valence-electron chi connectivity index (χ3n) is 5.78. The van der Waals surface area contributed by atoms with E-state index >= 15 is 0 Å². The first-order chi connectivity index (χ1) is 20.7. The van der Waals surface area contributed by atoms with Crippen molar-refractivity contribution in [3.63, 3.8) is 0 Å². The van der Waals surface area contributed by atoms with Crippen molar-refractivity contribution < 1.29 is 78.7 Å². The molecule has 2 unspecified atom stereocenters. The summed E-state index contributed by atoms with van der Waals surface area (Å²) in [6.45, 7) is 4.54. The lowest BCUT2D eigenvalue weighted by Crippen LogP contribution is -2.57. The van der Waals surface area contributed by atoms with Gasteiger partial charge in [-0.25, -0.2) is 24.4 Å². The molecule has 2 fully saturated rings. The van der Waals surface area contributed by atoms with Crippen molar-refractivity contribution in [2.24, 2.45) is 5.41 Å². The number of aromatic nitrogens is 2. The van der Waals surface area contributed by atoms with Gasteiger partial charge in [0, 0.05) is 49.0 Å². The molecule has 4 heterocycles. The number of thiazole rings is 1. The van der Waals surface area contributed by atoms with E-state index in [9.17, 15) is 39.5 Å². The number of nitrogens with zero attached hydrogens (tertiary/aromatic N) is 3. The zero-order valence-electron chi connectivity index (χ0n) is 22.7. The molecular formula is C24H26F9N3O8S. The number of ether oxygens (including phenoxy) is 2. The van der Waals surface area contributed by atoms with Crippen LogP contribution in [0.15, 0.2) is 36.0 Å². The van der Waals surface area contributed by atoms with E-state index in [1.807, 2.05) is 29.8 Å². The molecule has 4 rings (SSSR count). The smallest absolute Gasteiger partial charge is 0.477 e. The molecule has 11 nitrogen and oxygen atoms in total. The summed E-state index contributed by atoms with van der Waals surface area (Å²) in [6, 6.07) is 5.80. The van der Waals surface area contributed by atoms with Crippen LogP contribution in [0.5, 0.6) is 5.88 Å². The van der Waals surface area contributed by atoms with Gasteiger partial charge in [-0.2, -0.15) is 39.5 Å². The molecule has 2 saturated heterocycles. The molecule has 21 heteroatoms. The van der Waals surface area contributed by atoms with Gasteiger partial charge in [0.05, 0.1) is 19.3 Å². The van der Waals surface area contributed by atoms with E-state index in [4.69, 9.17) is 39.2 Å². The number of likely N-dealkylation sites (tertiary alicyclic amines) is 1. The second kappa shape index (κ2) is 17.1. The number of piperidine rings is 1. The first-order valence-electron chi connectivity index (χ1n) is 12.3. The second-order valence-corrected chi connectivity index (χ2v) is 10.1. The SMILES string of the molecule is O=C(O)C(F)(F)F.O=C(O)C(F)(F)F.O=C(O)C(F)(F)F.c1ccc(OCC23CCCOC2CCN(Cc2nccs2)C3)nc1.